The molecule has 4 rings (SSSR count). The van der Waals surface area contributed by atoms with E-state index in [2.05, 4.69) is 35.4 Å². The highest BCUT2D eigenvalue weighted by molar-refractivity contribution is 6.12. The maximum atomic E-state index is 8.71. The van der Waals surface area contributed by atoms with Gasteiger partial charge in [0.25, 0.3) is 0 Å². The van der Waals surface area contributed by atoms with Crippen molar-refractivity contribution in [3.63, 3.8) is 0 Å². The summed E-state index contributed by atoms with van der Waals surface area (Å²) in [6.45, 7) is 0. The van der Waals surface area contributed by atoms with Gasteiger partial charge in [0.15, 0.2) is 0 Å². The third kappa shape index (κ3) is 4.65. The van der Waals surface area contributed by atoms with E-state index in [4.69, 9.17) is 17.0 Å². The molecule has 0 unspecified atom stereocenters. The van der Waals surface area contributed by atoms with Crippen LogP contribution in [0.1, 0.15) is 22.3 Å². The van der Waals surface area contributed by atoms with E-state index in [-0.39, 0.29) is 5.84 Å². The Kier molecular flexibility index (Phi) is 6.23. The van der Waals surface area contributed by atoms with Crippen LogP contribution in [0.4, 0.5) is 0 Å². The number of amidine groups is 1. The fraction of sp³-hybridized carbons (Fsp3) is 0. The number of hydrazone groups is 1. The van der Waals surface area contributed by atoms with Gasteiger partial charge in [-0.1, -0.05) is 97.1 Å². The van der Waals surface area contributed by atoms with Crippen molar-refractivity contribution in [2.24, 2.45) is 16.7 Å². The molecule has 32 heavy (non-hydrogen) atoms. The van der Waals surface area contributed by atoms with Crippen LogP contribution in [0.15, 0.2) is 120 Å². The van der Waals surface area contributed by atoms with E-state index in [0.29, 0.717) is 5.71 Å². The molecule has 0 fully saturated rings. The van der Waals surface area contributed by atoms with Crippen molar-refractivity contribution >= 4 is 17.1 Å². The molecule has 0 aromatic heterocycles. The molecule has 0 saturated carbocycles. The van der Waals surface area contributed by atoms with Gasteiger partial charge in [0, 0.05) is 5.56 Å². The summed E-state index contributed by atoms with van der Waals surface area (Å²) in [5, 5.41) is 12.3. The minimum atomic E-state index is 0.266. The van der Waals surface area contributed by atoms with Gasteiger partial charge >= 0.3 is 0 Å². The maximum Gasteiger partial charge on any atom is 0.150 e. The molecule has 5 N–H and O–H groups in total. The summed E-state index contributed by atoms with van der Waals surface area (Å²) in [6, 6.07) is 36.0. The number of hydrogen-bond acceptors (Lipinski definition) is 3. The first-order valence-electron chi connectivity index (χ1n) is 10.3. The van der Waals surface area contributed by atoms with E-state index in [0.717, 1.165) is 39.0 Å². The van der Waals surface area contributed by atoms with Crippen LogP contribution in [0.25, 0.3) is 16.7 Å². The Morgan fingerprint density at radius 2 is 1.16 bits per heavy atom. The van der Waals surface area contributed by atoms with Crippen LogP contribution in [0.2, 0.25) is 0 Å². The number of benzene rings is 4. The molecular weight excluding hydrogens is 392 g/mol. The molecule has 0 radical (unpaired) electrons. The van der Waals surface area contributed by atoms with Gasteiger partial charge in [-0.3, -0.25) is 0 Å². The molecule has 0 atom stereocenters. The molecule has 4 aromatic carbocycles. The maximum absolute atomic E-state index is 8.71. The van der Waals surface area contributed by atoms with Crippen LogP contribution in [0, 0.1) is 5.41 Å². The van der Waals surface area contributed by atoms with Crippen molar-refractivity contribution in [1.29, 1.82) is 5.41 Å². The molecule has 0 amide bonds. The zero-order chi connectivity index (χ0) is 22.3. The minimum Gasteiger partial charge on any atom is -0.382 e. The van der Waals surface area contributed by atoms with Crippen LogP contribution >= 0.6 is 0 Å². The second kappa shape index (κ2) is 9.58. The summed E-state index contributed by atoms with van der Waals surface area (Å²) >= 11 is 0. The summed E-state index contributed by atoms with van der Waals surface area (Å²) in [6.07, 6.45) is 1.90. The molecule has 0 aliphatic heterocycles. The molecule has 4 heteroatoms. The van der Waals surface area contributed by atoms with Crippen molar-refractivity contribution < 1.29 is 0 Å². The van der Waals surface area contributed by atoms with E-state index >= 15 is 0 Å². The van der Waals surface area contributed by atoms with E-state index in [1.807, 2.05) is 84.9 Å². The first-order valence-corrected chi connectivity index (χ1v) is 10.3. The van der Waals surface area contributed by atoms with Crippen molar-refractivity contribution in [1.82, 2.24) is 0 Å². The van der Waals surface area contributed by atoms with Gasteiger partial charge in [0.05, 0.1) is 5.71 Å². The predicted molar refractivity (Wildman–Crippen MR) is 134 cm³/mol. The lowest BCUT2D eigenvalue weighted by Gasteiger charge is -2.13. The van der Waals surface area contributed by atoms with Crippen molar-refractivity contribution in [3.05, 3.63) is 138 Å². The van der Waals surface area contributed by atoms with Crippen LogP contribution in [0.5, 0.6) is 0 Å². The van der Waals surface area contributed by atoms with E-state index in [1.165, 1.54) is 0 Å². The quantitative estimate of drug-likeness (QED) is 0.169. The molecule has 4 aromatic rings. The lowest BCUT2D eigenvalue weighted by Crippen LogP contribution is -2.15. The summed E-state index contributed by atoms with van der Waals surface area (Å²) in [7, 11) is 0. The molecule has 0 bridgehead atoms. The highest BCUT2D eigenvalue weighted by atomic mass is 15.1. The highest BCUT2D eigenvalue weighted by Crippen LogP contribution is 2.29. The lowest BCUT2D eigenvalue weighted by atomic mass is 9.92. The lowest BCUT2D eigenvalue weighted by molar-refractivity contribution is 1.23. The molecule has 156 valence electrons. The van der Waals surface area contributed by atoms with Crippen LogP contribution in [-0.2, 0) is 0 Å². The summed E-state index contributed by atoms with van der Waals surface area (Å²) in [5.41, 5.74) is 13.1. The number of hydrogen-bond donors (Lipinski definition) is 3. The normalized spacial score (nSPS) is 11.9. The monoisotopic (exact) mass is 416 g/mol. The third-order valence-corrected chi connectivity index (χ3v) is 5.26. The highest BCUT2D eigenvalue weighted by Gasteiger charge is 2.11. The topological polar surface area (TPSA) is 88.2 Å². The van der Waals surface area contributed by atoms with Gasteiger partial charge in [-0.25, -0.2) is 0 Å². The van der Waals surface area contributed by atoms with Crippen LogP contribution < -0.4 is 11.6 Å². The number of allylic oxidation sites excluding steroid dienone is 1. The molecule has 4 nitrogen and oxygen atoms in total. The van der Waals surface area contributed by atoms with E-state index < -0.39 is 0 Å². The average molecular weight is 417 g/mol. The Balaban J connectivity index is 1.86. The predicted octanol–water partition coefficient (Wildman–Crippen LogP) is 5.43. The number of rotatable bonds is 6. The van der Waals surface area contributed by atoms with E-state index in [1.54, 1.807) is 0 Å². The number of nitrogens with zero attached hydrogens (tertiary/aromatic N) is 1. The Hall–Kier alpha value is -4.44. The van der Waals surface area contributed by atoms with Gasteiger partial charge in [-0.05, 0) is 51.6 Å². The number of nitrogens with two attached hydrogens (primary N) is 2. The van der Waals surface area contributed by atoms with Gasteiger partial charge < -0.3 is 17.0 Å². The smallest absolute Gasteiger partial charge is 0.150 e. The number of nitrogens with one attached hydrogen (secondary N) is 1. The largest absolute Gasteiger partial charge is 0.382 e. The Morgan fingerprint density at radius 3 is 1.84 bits per heavy atom. The summed E-state index contributed by atoms with van der Waals surface area (Å²) < 4.78 is 0. The first kappa shape index (κ1) is 20.8. The van der Waals surface area contributed by atoms with Gasteiger partial charge in [0.1, 0.15) is 5.84 Å². The zero-order valence-corrected chi connectivity index (χ0v) is 17.6. The summed E-state index contributed by atoms with van der Waals surface area (Å²) in [5.74, 6) is 5.66. The molecule has 0 heterocycles. The van der Waals surface area contributed by atoms with Crippen molar-refractivity contribution in [2.75, 3.05) is 0 Å². The molecule has 0 aliphatic carbocycles. The first-order chi connectivity index (χ1) is 15.7. The van der Waals surface area contributed by atoms with E-state index in [9.17, 15) is 0 Å². The minimum absolute atomic E-state index is 0.266. The molecule has 0 spiro atoms. The van der Waals surface area contributed by atoms with Crippen LogP contribution in [-0.4, -0.2) is 11.5 Å². The zero-order valence-electron chi connectivity index (χ0n) is 17.6. The average Bonchev–Trinajstić information content (AvgIpc) is 2.88. The molecule has 0 aliphatic rings. The Morgan fingerprint density at radius 1 is 0.625 bits per heavy atom. The van der Waals surface area contributed by atoms with Gasteiger partial charge in [-0.2, -0.15) is 5.10 Å². The fourth-order valence-corrected chi connectivity index (χ4v) is 3.60. The van der Waals surface area contributed by atoms with Gasteiger partial charge in [0.2, 0.25) is 0 Å². The standard InChI is InChI=1S/C28H24N4/c29-27(21-11-5-2-6-12-21)19-26(24-15-8-16-25(18-24)28(30)32-31)23-14-7-13-22(17-23)20-9-3-1-4-10-20/h1-19,29H,31H2,(H2,30,32)/b26-19-,29-27?. The third-order valence-electron chi connectivity index (χ3n) is 5.26. The van der Waals surface area contributed by atoms with Crippen LogP contribution in [0.3, 0.4) is 0 Å². The Bertz CT molecular complexity index is 1290. The van der Waals surface area contributed by atoms with Gasteiger partial charge in [-0.15, -0.1) is 0 Å². The SMILES string of the molecule is N=C(/C=C(\c1cccc(/C(N)=N/N)c1)c1cccc(-c2ccccc2)c1)c1ccccc1. The molecule has 0 saturated heterocycles. The second-order valence-electron chi connectivity index (χ2n) is 7.38. The van der Waals surface area contributed by atoms with Crippen molar-refractivity contribution in [2.45, 2.75) is 0 Å². The fourth-order valence-electron chi connectivity index (χ4n) is 3.60. The summed E-state index contributed by atoms with van der Waals surface area (Å²) in [4.78, 5) is 0. The Labute approximate surface area is 188 Å². The van der Waals surface area contributed by atoms with Crippen molar-refractivity contribution in [3.8, 4) is 11.1 Å². The second-order valence-corrected chi connectivity index (χ2v) is 7.38. The molecular formula is C28H24N4.